The van der Waals surface area contributed by atoms with Crippen LogP contribution < -0.4 is 10.5 Å². The first-order chi connectivity index (χ1) is 7.49. The van der Waals surface area contributed by atoms with Crippen LogP contribution in [0.3, 0.4) is 0 Å². The summed E-state index contributed by atoms with van der Waals surface area (Å²) in [5.41, 5.74) is 5.95. The predicted octanol–water partition coefficient (Wildman–Crippen LogP) is 1.61. The summed E-state index contributed by atoms with van der Waals surface area (Å²) in [6.45, 7) is 0.489. The normalized spacial score (nSPS) is 16.3. The smallest absolute Gasteiger partial charge is 0.242 e. The van der Waals surface area contributed by atoms with E-state index < -0.39 is 10.0 Å². The quantitative estimate of drug-likeness (QED) is 0.808. The SMILES string of the molecule is Nc1ccc(S(=O)(=O)NCC2CC2)c(Cl)c1. The number of anilines is 1. The number of nitrogens with one attached hydrogen (secondary N) is 1. The van der Waals surface area contributed by atoms with E-state index in [1.165, 1.54) is 18.2 Å². The van der Waals surface area contributed by atoms with Crippen molar-refractivity contribution in [2.75, 3.05) is 12.3 Å². The molecule has 4 nitrogen and oxygen atoms in total. The average Bonchev–Trinajstić information content (AvgIpc) is 2.97. The molecule has 0 heterocycles. The number of sulfonamides is 1. The summed E-state index contributed by atoms with van der Waals surface area (Å²) < 4.78 is 26.3. The lowest BCUT2D eigenvalue weighted by Gasteiger charge is -2.08. The van der Waals surface area contributed by atoms with Crippen LogP contribution in [0, 0.1) is 5.92 Å². The molecule has 2 rings (SSSR count). The Balaban J connectivity index is 2.20. The molecule has 6 heteroatoms. The molecule has 1 saturated carbocycles. The van der Waals surface area contributed by atoms with Crippen LogP contribution in [0.4, 0.5) is 5.69 Å². The maximum atomic E-state index is 11.9. The van der Waals surface area contributed by atoms with Gasteiger partial charge in [-0.3, -0.25) is 0 Å². The highest BCUT2D eigenvalue weighted by atomic mass is 35.5. The van der Waals surface area contributed by atoms with Gasteiger partial charge in [-0.25, -0.2) is 13.1 Å². The molecule has 1 aromatic rings. The fourth-order valence-corrected chi connectivity index (χ4v) is 3.03. The molecule has 1 aliphatic carbocycles. The molecule has 88 valence electrons. The summed E-state index contributed by atoms with van der Waals surface area (Å²) >= 11 is 5.85. The van der Waals surface area contributed by atoms with E-state index in [0.29, 0.717) is 18.2 Å². The molecule has 1 aliphatic rings. The molecule has 0 bridgehead atoms. The Morgan fingerprint density at radius 1 is 1.44 bits per heavy atom. The van der Waals surface area contributed by atoms with Gasteiger partial charge in [0.05, 0.1) is 5.02 Å². The predicted molar refractivity (Wildman–Crippen MR) is 63.8 cm³/mol. The van der Waals surface area contributed by atoms with E-state index in [0.717, 1.165) is 12.8 Å². The van der Waals surface area contributed by atoms with Gasteiger partial charge in [-0.15, -0.1) is 0 Å². The van der Waals surface area contributed by atoms with Crippen molar-refractivity contribution in [2.45, 2.75) is 17.7 Å². The molecule has 0 saturated heterocycles. The molecular formula is C10H13ClN2O2S. The van der Waals surface area contributed by atoms with E-state index in [9.17, 15) is 8.42 Å². The van der Waals surface area contributed by atoms with Gasteiger partial charge in [-0.2, -0.15) is 0 Å². The second kappa shape index (κ2) is 4.24. The van der Waals surface area contributed by atoms with Crippen molar-refractivity contribution >= 4 is 27.3 Å². The zero-order valence-corrected chi connectivity index (χ0v) is 10.2. The molecule has 0 amide bonds. The van der Waals surface area contributed by atoms with Gasteiger partial charge in [-0.1, -0.05) is 11.6 Å². The molecule has 0 spiro atoms. The maximum absolute atomic E-state index is 11.9. The Labute approximate surface area is 99.8 Å². The van der Waals surface area contributed by atoms with Gasteiger partial charge >= 0.3 is 0 Å². The van der Waals surface area contributed by atoms with Crippen LogP contribution in [0.5, 0.6) is 0 Å². The standard InChI is InChI=1S/C10H13ClN2O2S/c11-9-5-8(12)3-4-10(9)16(14,15)13-6-7-1-2-7/h3-5,7,13H,1-2,6,12H2. The van der Waals surface area contributed by atoms with Crippen molar-refractivity contribution < 1.29 is 8.42 Å². The highest BCUT2D eigenvalue weighted by molar-refractivity contribution is 7.89. The first-order valence-electron chi connectivity index (χ1n) is 5.04. The van der Waals surface area contributed by atoms with Crippen LogP contribution in [0.2, 0.25) is 5.02 Å². The molecule has 16 heavy (non-hydrogen) atoms. The van der Waals surface area contributed by atoms with Crippen molar-refractivity contribution in [2.24, 2.45) is 5.92 Å². The Bertz CT molecular complexity index is 498. The summed E-state index contributed by atoms with van der Waals surface area (Å²) in [6, 6.07) is 4.39. The third kappa shape index (κ3) is 2.66. The van der Waals surface area contributed by atoms with E-state index >= 15 is 0 Å². The van der Waals surface area contributed by atoms with Gasteiger partial charge in [-0.05, 0) is 37.0 Å². The molecule has 0 unspecified atom stereocenters. The van der Waals surface area contributed by atoms with E-state index in [1.807, 2.05) is 0 Å². The Morgan fingerprint density at radius 2 is 2.12 bits per heavy atom. The number of rotatable bonds is 4. The van der Waals surface area contributed by atoms with Gasteiger partial charge in [0.2, 0.25) is 10.0 Å². The number of halogens is 1. The van der Waals surface area contributed by atoms with Gasteiger partial charge in [0.1, 0.15) is 4.90 Å². The molecule has 0 radical (unpaired) electrons. The largest absolute Gasteiger partial charge is 0.399 e. The van der Waals surface area contributed by atoms with Crippen LogP contribution in [-0.2, 0) is 10.0 Å². The number of benzene rings is 1. The Morgan fingerprint density at radius 3 is 2.69 bits per heavy atom. The molecule has 0 atom stereocenters. The third-order valence-electron chi connectivity index (χ3n) is 2.50. The fourth-order valence-electron chi connectivity index (χ4n) is 1.36. The van der Waals surface area contributed by atoms with Gasteiger partial charge in [0.25, 0.3) is 0 Å². The van der Waals surface area contributed by atoms with Crippen molar-refractivity contribution in [1.29, 1.82) is 0 Å². The van der Waals surface area contributed by atoms with Gasteiger partial charge in [0, 0.05) is 12.2 Å². The van der Waals surface area contributed by atoms with Crippen molar-refractivity contribution in [3.05, 3.63) is 23.2 Å². The minimum absolute atomic E-state index is 0.0871. The minimum Gasteiger partial charge on any atom is -0.399 e. The van der Waals surface area contributed by atoms with Gasteiger partial charge < -0.3 is 5.73 Å². The molecule has 1 fully saturated rings. The van der Waals surface area contributed by atoms with Crippen LogP contribution >= 0.6 is 11.6 Å². The molecular weight excluding hydrogens is 248 g/mol. The zero-order valence-electron chi connectivity index (χ0n) is 8.61. The average molecular weight is 261 g/mol. The summed E-state index contributed by atoms with van der Waals surface area (Å²) in [5, 5.41) is 0.156. The topological polar surface area (TPSA) is 72.2 Å². The lowest BCUT2D eigenvalue weighted by molar-refractivity contribution is 0.577. The zero-order chi connectivity index (χ0) is 11.8. The monoisotopic (exact) mass is 260 g/mol. The molecule has 3 N–H and O–H groups in total. The first-order valence-corrected chi connectivity index (χ1v) is 6.90. The Kier molecular flexibility index (Phi) is 3.10. The molecule has 1 aromatic carbocycles. The van der Waals surface area contributed by atoms with Crippen LogP contribution in [0.15, 0.2) is 23.1 Å². The summed E-state index contributed by atoms with van der Waals surface area (Å²) in [6.07, 6.45) is 2.19. The van der Waals surface area contributed by atoms with Crippen molar-refractivity contribution in [3.8, 4) is 0 Å². The molecule has 0 aromatic heterocycles. The van der Waals surface area contributed by atoms with E-state index in [4.69, 9.17) is 17.3 Å². The molecule has 0 aliphatic heterocycles. The number of nitrogens with two attached hydrogens (primary N) is 1. The van der Waals surface area contributed by atoms with Crippen LogP contribution in [0.25, 0.3) is 0 Å². The summed E-state index contributed by atoms with van der Waals surface area (Å²) in [7, 11) is -3.50. The number of nitrogen functional groups attached to an aromatic ring is 1. The van der Waals surface area contributed by atoms with Crippen LogP contribution in [0.1, 0.15) is 12.8 Å². The summed E-state index contributed by atoms with van der Waals surface area (Å²) in [5.74, 6) is 0.488. The highest BCUT2D eigenvalue weighted by Gasteiger charge is 2.25. The third-order valence-corrected chi connectivity index (χ3v) is 4.41. The number of hydrogen-bond donors (Lipinski definition) is 2. The lowest BCUT2D eigenvalue weighted by atomic mass is 10.3. The second-order valence-corrected chi connectivity index (χ2v) is 6.13. The lowest BCUT2D eigenvalue weighted by Crippen LogP contribution is -2.26. The fraction of sp³-hybridized carbons (Fsp3) is 0.400. The van der Waals surface area contributed by atoms with E-state index in [-0.39, 0.29) is 9.92 Å². The first kappa shape index (κ1) is 11.7. The van der Waals surface area contributed by atoms with Crippen molar-refractivity contribution in [1.82, 2.24) is 4.72 Å². The van der Waals surface area contributed by atoms with E-state index in [2.05, 4.69) is 4.72 Å². The number of hydrogen-bond acceptors (Lipinski definition) is 3. The maximum Gasteiger partial charge on any atom is 0.242 e. The van der Waals surface area contributed by atoms with Crippen molar-refractivity contribution in [3.63, 3.8) is 0 Å². The second-order valence-electron chi connectivity index (χ2n) is 3.99. The minimum atomic E-state index is -3.50. The van der Waals surface area contributed by atoms with Crippen LogP contribution in [-0.4, -0.2) is 15.0 Å². The Hall–Kier alpha value is -0.780. The van der Waals surface area contributed by atoms with Gasteiger partial charge in [0.15, 0.2) is 0 Å². The summed E-state index contributed by atoms with van der Waals surface area (Å²) in [4.78, 5) is 0.0871. The van der Waals surface area contributed by atoms with E-state index in [1.54, 1.807) is 0 Å². The highest BCUT2D eigenvalue weighted by Crippen LogP contribution is 2.29.